The Morgan fingerprint density at radius 1 is 0.903 bits per heavy atom. The summed E-state index contributed by atoms with van der Waals surface area (Å²) in [6.07, 6.45) is 5.50. The first-order chi connectivity index (χ1) is 15.0. The smallest absolute Gasteiger partial charge is 0.254 e. The third-order valence-corrected chi connectivity index (χ3v) is 5.85. The quantitative estimate of drug-likeness (QED) is 0.581. The van der Waals surface area contributed by atoms with Crippen molar-refractivity contribution in [1.82, 2.24) is 19.4 Å². The van der Waals surface area contributed by atoms with E-state index in [-0.39, 0.29) is 17.4 Å². The average molecular weight is 442 g/mol. The lowest BCUT2D eigenvalue weighted by molar-refractivity contribution is 0.0535. The lowest BCUT2D eigenvalue weighted by Crippen LogP contribution is -2.50. The van der Waals surface area contributed by atoms with Crippen LogP contribution in [0.4, 0.5) is 8.78 Å². The molecule has 1 saturated heterocycles. The molecule has 0 radical (unpaired) electrons. The molecular weight excluding hydrogens is 422 g/mol. The van der Waals surface area contributed by atoms with Crippen LogP contribution in [-0.4, -0.2) is 63.6 Å². The Morgan fingerprint density at radius 3 is 2.16 bits per heavy atom. The monoisotopic (exact) mass is 442 g/mol. The summed E-state index contributed by atoms with van der Waals surface area (Å²) in [5.41, 5.74) is 1.50. The van der Waals surface area contributed by atoms with Gasteiger partial charge in [0.2, 0.25) is 0 Å². The highest BCUT2D eigenvalue weighted by Crippen LogP contribution is 2.20. The van der Waals surface area contributed by atoms with E-state index < -0.39 is 11.6 Å². The van der Waals surface area contributed by atoms with E-state index in [0.29, 0.717) is 31.7 Å². The van der Waals surface area contributed by atoms with Gasteiger partial charge in [-0.15, -0.1) is 0 Å². The Bertz CT molecular complexity index is 1130. The first kappa shape index (κ1) is 21.0. The minimum absolute atomic E-state index is 0.0938. The molecule has 6 nitrogen and oxygen atoms in total. The van der Waals surface area contributed by atoms with Crippen LogP contribution in [0, 0.1) is 11.6 Å². The number of hydrogen-bond acceptors (Lipinski definition) is 4. The van der Waals surface area contributed by atoms with Gasteiger partial charge in [0.25, 0.3) is 11.8 Å². The van der Waals surface area contributed by atoms with E-state index in [1.165, 1.54) is 17.8 Å². The Hall–Kier alpha value is -3.20. The highest BCUT2D eigenvalue weighted by molar-refractivity contribution is 7.98. The molecule has 2 amide bonds. The second-order valence-electron chi connectivity index (χ2n) is 7.05. The summed E-state index contributed by atoms with van der Waals surface area (Å²) in [6, 6.07) is 10.4. The SMILES string of the molecule is CSc1nccn1-c1cccc(C(=O)N2CCN(C(=O)c3ccc(F)c(F)c3)CC2)c1. The van der Waals surface area contributed by atoms with Crippen molar-refractivity contribution in [2.75, 3.05) is 32.4 Å². The van der Waals surface area contributed by atoms with Crippen LogP contribution in [0.15, 0.2) is 60.0 Å². The summed E-state index contributed by atoms with van der Waals surface area (Å²) >= 11 is 1.52. The Kier molecular flexibility index (Phi) is 6.03. The minimum atomic E-state index is -1.05. The number of aromatic nitrogens is 2. The molecule has 1 fully saturated rings. The van der Waals surface area contributed by atoms with Crippen molar-refractivity contribution in [3.05, 3.63) is 77.6 Å². The Morgan fingerprint density at radius 2 is 1.55 bits per heavy atom. The maximum atomic E-state index is 13.4. The number of rotatable bonds is 4. The van der Waals surface area contributed by atoms with Gasteiger partial charge in [-0.3, -0.25) is 14.2 Å². The zero-order valence-electron chi connectivity index (χ0n) is 16.8. The maximum Gasteiger partial charge on any atom is 0.254 e. The van der Waals surface area contributed by atoms with Gasteiger partial charge < -0.3 is 9.80 Å². The van der Waals surface area contributed by atoms with Crippen LogP contribution < -0.4 is 0 Å². The zero-order valence-corrected chi connectivity index (χ0v) is 17.6. The maximum absolute atomic E-state index is 13.4. The number of carbonyl (C=O) groups is 2. The lowest BCUT2D eigenvalue weighted by Gasteiger charge is -2.35. The van der Waals surface area contributed by atoms with Crippen molar-refractivity contribution in [1.29, 1.82) is 0 Å². The number of imidazole rings is 1. The van der Waals surface area contributed by atoms with Crippen LogP contribution in [0.5, 0.6) is 0 Å². The third-order valence-electron chi connectivity index (χ3n) is 5.18. The molecule has 0 N–H and O–H groups in total. The summed E-state index contributed by atoms with van der Waals surface area (Å²) in [5, 5.41) is 0.828. The molecule has 2 aromatic carbocycles. The van der Waals surface area contributed by atoms with Crippen LogP contribution in [0.25, 0.3) is 5.69 Å². The minimum Gasteiger partial charge on any atom is -0.335 e. The first-order valence-electron chi connectivity index (χ1n) is 9.69. The van der Waals surface area contributed by atoms with Crippen molar-refractivity contribution in [3.63, 3.8) is 0 Å². The van der Waals surface area contributed by atoms with Crippen molar-refractivity contribution in [2.24, 2.45) is 0 Å². The largest absolute Gasteiger partial charge is 0.335 e. The number of thioether (sulfide) groups is 1. The lowest BCUT2D eigenvalue weighted by atomic mass is 10.1. The molecule has 1 aliphatic heterocycles. The van der Waals surface area contributed by atoms with Crippen molar-refractivity contribution >= 4 is 23.6 Å². The molecule has 1 aromatic heterocycles. The van der Waals surface area contributed by atoms with Gasteiger partial charge in [0, 0.05) is 55.4 Å². The zero-order chi connectivity index (χ0) is 22.0. The number of nitrogens with zero attached hydrogens (tertiary/aromatic N) is 4. The first-order valence-corrected chi connectivity index (χ1v) is 10.9. The van der Waals surface area contributed by atoms with Gasteiger partial charge in [-0.05, 0) is 42.7 Å². The molecule has 4 rings (SSSR count). The van der Waals surface area contributed by atoms with E-state index in [1.807, 2.05) is 35.2 Å². The number of benzene rings is 2. The van der Waals surface area contributed by atoms with Gasteiger partial charge in [-0.2, -0.15) is 0 Å². The fourth-order valence-electron chi connectivity index (χ4n) is 3.53. The average Bonchev–Trinajstić information content (AvgIpc) is 3.29. The summed E-state index contributed by atoms with van der Waals surface area (Å²) < 4.78 is 28.5. The summed E-state index contributed by atoms with van der Waals surface area (Å²) in [4.78, 5) is 33.1. The molecule has 9 heteroatoms. The Labute approximate surface area is 182 Å². The van der Waals surface area contributed by atoms with Crippen molar-refractivity contribution in [2.45, 2.75) is 5.16 Å². The second-order valence-corrected chi connectivity index (χ2v) is 7.82. The molecule has 0 unspecified atom stereocenters. The Balaban J connectivity index is 1.43. The van der Waals surface area contributed by atoms with Crippen molar-refractivity contribution < 1.29 is 18.4 Å². The van der Waals surface area contributed by atoms with Crippen LogP contribution in [0.1, 0.15) is 20.7 Å². The number of piperazine rings is 1. The fraction of sp³-hybridized carbons (Fsp3) is 0.227. The van der Waals surface area contributed by atoms with Gasteiger partial charge in [-0.1, -0.05) is 17.8 Å². The molecule has 0 atom stereocenters. The standard InChI is InChI=1S/C22H20F2N4O2S/c1-31-22-25-7-8-28(22)17-4-2-3-15(13-17)20(29)26-9-11-27(12-10-26)21(30)16-5-6-18(23)19(24)14-16/h2-8,13-14H,9-12H2,1H3. The summed E-state index contributed by atoms with van der Waals surface area (Å²) in [6.45, 7) is 1.36. The highest BCUT2D eigenvalue weighted by Gasteiger charge is 2.26. The molecule has 0 bridgehead atoms. The molecule has 0 aliphatic carbocycles. The van der Waals surface area contributed by atoms with Crippen molar-refractivity contribution in [3.8, 4) is 5.69 Å². The predicted molar refractivity (Wildman–Crippen MR) is 114 cm³/mol. The van der Waals surface area contributed by atoms with Crippen LogP contribution in [0.2, 0.25) is 0 Å². The predicted octanol–water partition coefficient (Wildman–Crippen LogP) is 3.47. The molecule has 2 heterocycles. The normalized spacial score (nSPS) is 14.0. The van der Waals surface area contributed by atoms with Gasteiger partial charge in [-0.25, -0.2) is 13.8 Å². The van der Waals surface area contributed by atoms with Crippen LogP contribution >= 0.6 is 11.8 Å². The fourth-order valence-corrected chi connectivity index (χ4v) is 4.06. The van der Waals surface area contributed by atoms with Gasteiger partial charge in [0.15, 0.2) is 16.8 Å². The molecule has 160 valence electrons. The molecular formula is C22H20F2N4O2S. The van der Waals surface area contributed by atoms with E-state index in [4.69, 9.17) is 0 Å². The van der Waals surface area contributed by atoms with E-state index >= 15 is 0 Å². The molecule has 0 spiro atoms. The molecule has 1 aliphatic rings. The van der Waals surface area contributed by atoms with E-state index in [2.05, 4.69) is 4.98 Å². The number of hydrogen-bond donors (Lipinski definition) is 0. The van der Waals surface area contributed by atoms with Gasteiger partial charge >= 0.3 is 0 Å². The number of carbonyl (C=O) groups excluding carboxylic acids is 2. The van der Waals surface area contributed by atoms with Gasteiger partial charge in [0.05, 0.1) is 0 Å². The van der Waals surface area contributed by atoms with E-state index in [1.54, 1.807) is 22.1 Å². The molecule has 0 saturated carbocycles. The molecule has 3 aromatic rings. The van der Waals surface area contributed by atoms with E-state index in [0.717, 1.165) is 23.0 Å². The summed E-state index contributed by atoms with van der Waals surface area (Å²) in [7, 11) is 0. The topological polar surface area (TPSA) is 58.4 Å². The second kappa shape index (κ2) is 8.89. The molecule has 31 heavy (non-hydrogen) atoms. The number of halogens is 2. The highest BCUT2D eigenvalue weighted by atomic mass is 32.2. The van der Waals surface area contributed by atoms with Crippen LogP contribution in [0.3, 0.4) is 0 Å². The summed E-state index contributed by atoms with van der Waals surface area (Å²) in [5.74, 6) is -2.54. The van der Waals surface area contributed by atoms with E-state index in [9.17, 15) is 18.4 Å². The van der Waals surface area contributed by atoms with Crippen LogP contribution in [-0.2, 0) is 0 Å². The van der Waals surface area contributed by atoms with Gasteiger partial charge in [0.1, 0.15) is 0 Å². The number of amides is 2. The third kappa shape index (κ3) is 4.32.